The Morgan fingerprint density at radius 1 is 1.22 bits per heavy atom. The van der Waals surface area contributed by atoms with Crippen molar-refractivity contribution in [3.05, 3.63) is 74.6 Å². The summed E-state index contributed by atoms with van der Waals surface area (Å²) in [5.74, 6) is -0.439. The molecule has 0 spiro atoms. The lowest BCUT2D eigenvalue weighted by atomic mass is 10.1. The van der Waals surface area contributed by atoms with E-state index in [1.165, 1.54) is 43.1 Å². The highest BCUT2D eigenvalue weighted by Crippen LogP contribution is 2.13. The average Bonchev–Trinajstić information content (AvgIpc) is 2.69. The molecule has 0 aliphatic rings. The Bertz CT molecular complexity index is 1240. The van der Waals surface area contributed by atoms with Gasteiger partial charge in [0, 0.05) is 20.2 Å². The first kappa shape index (κ1) is 17.8. The lowest BCUT2D eigenvalue weighted by molar-refractivity contribution is -0.111. The summed E-state index contributed by atoms with van der Waals surface area (Å²) in [5, 5.41) is 11.9. The average molecular weight is 361 g/mol. The van der Waals surface area contributed by atoms with Crippen molar-refractivity contribution in [3.8, 4) is 6.07 Å². The first-order chi connectivity index (χ1) is 12.9. The molecular formula is C19H15N5O3. The third-order valence-corrected chi connectivity index (χ3v) is 4.06. The highest BCUT2D eigenvalue weighted by molar-refractivity contribution is 6.02. The van der Waals surface area contributed by atoms with E-state index < -0.39 is 17.2 Å². The Morgan fingerprint density at radius 3 is 2.70 bits per heavy atom. The zero-order valence-electron chi connectivity index (χ0n) is 14.6. The van der Waals surface area contributed by atoms with Crippen molar-refractivity contribution in [3.63, 3.8) is 0 Å². The molecule has 2 aromatic heterocycles. The van der Waals surface area contributed by atoms with Gasteiger partial charge in [0.25, 0.3) is 5.56 Å². The number of amides is 1. The van der Waals surface area contributed by atoms with Crippen LogP contribution in [0, 0.1) is 11.3 Å². The van der Waals surface area contributed by atoms with Gasteiger partial charge in [0.15, 0.2) is 0 Å². The number of nitrogens with zero attached hydrogens (tertiary/aromatic N) is 4. The van der Waals surface area contributed by atoms with E-state index in [0.29, 0.717) is 16.8 Å². The van der Waals surface area contributed by atoms with Crippen molar-refractivity contribution >= 4 is 28.7 Å². The third-order valence-electron chi connectivity index (χ3n) is 4.06. The molecule has 8 heteroatoms. The molecule has 0 unspecified atom stereocenters. The highest BCUT2D eigenvalue weighted by atomic mass is 16.2. The number of hydrogen-bond donors (Lipinski definition) is 1. The van der Waals surface area contributed by atoms with E-state index in [0.717, 1.165) is 4.57 Å². The van der Waals surface area contributed by atoms with E-state index in [9.17, 15) is 14.4 Å². The van der Waals surface area contributed by atoms with E-state index in [1.807, 2.05) is 0 Å². The molecule has 0 saturated carbocycles. The van der Waals surface area contributed by atoms with Gasteiger partial charge in [0.2, 0.25) is 5.91 Å². The normalized spacial score (nSPS) is 10.9. The van der Waals surface area contributed by atoms with Crippen LogP contribution in [-0.2, 0) is 18.9 Å². The lowest BCUT2D eigenvalue weighted by Gasteiger charge is -2.08. The van der Waals surface area contributed by atoms with Gasteiger partial charge < -0.3 is 5.32 Å². The number of aryl methyl sites for hydroxylation is 1. The van der Waals surface area contributed by atoms with Crippen LogP contribution in [0.1, 0.15) is 11.1 Å². The van der Waals surface area contributed by atoms with Gasteiger partial charge in [-0.15, -0.1) is 0 Å². The summed E-state index contributed by atoms with van der Waals surface area (Å²) < 4.78 is 2.25. The molecule has 0 saturated heterocycles. The standard InChI is InChI=1S/C19H15N5O3/c1-23-17-15(18(26)24(2)19(23)27)9-14(11-21-17)22-16(25)8-7-12-5-3-4-6-13(12)10-20/h3-9,11H,1-2H3,(H,22,25)/b8-7+. The summed E-state index contributed by atoms with van der Waals surface area (Å²) in [6.07, 6.45) is 4.19. The zero-order chi connectivity index (χ0) is 19.6. The van der Waals surface area contributed by atoms with Gasteiger partial charge in [-0.25, -0.2) is 9.78 Å². The van der Waals surface area contributed by atoms with Gasteiger partial charge in [-0.3, -0.25) is 18.7 Å². The monoisotopic (exact) mass is 361 g/mol. The van der Waals surface area contributed by atoms with Crippen LogP contribution in [0.5, 0.6) is 0 Å². The van der Waals surface area contributed by atoms with Crippen molar-refractivity contribution in [2.45, 2.75) is 0 Å². The van der Waals surface area contributed by atoms with E-state index in [1.54, 1.807) is 24.3 Å². The molecule has 0 aliphatic carbocycles. The van der Waals surface area contributed by atoms with Crippen LogP contribution in [0.4, 0.5) is 5.69 Å². The molecule has 1 N–H and O–H groups in total. The quantitative estimate of drug-likeness (QED) is 0.704. The number of aromatic nitrogens is 3. The van der Waals surface area contributed by atoms with Gasteiger partial charge in [-0.1, -0.05) is 18.2 Å². The molecule has 27 heavy (non-hydrogen) atoms. The number of pyridine rings is 1. The van der Waals surface area contributed by atoms with Crippen LogP contribution in [-0.4, -0.2) is 20.0 Å². The van der Waals surface area contributed by atoms with Crippen LogP contribution in [0.25, 0.3) is 17.1 Å². The minimum atomic E-state index is -0.491. The third kappa shape index (κ3) is 3.39. The minimum absolute atomic E-state index is 0.219. The fraction of sp³-hybridized carbons (Fsp3) is 0.105. The summed E-state index contributed by atoms with van der Waals surface area (Å²) in [4.78, 5) is 40.5. The molecule has 2 heterocycles. The van der Waals surface area contributed by atoms with E-state index >= 15 is 0 Å². The number of anilines is 1. The van der Waals surface area contributed by atoms with Gasteiger partial charge in [0.1, 0.15) is 5.65 Å². The highest BCUT2D eigenvalue weighted by Gasteiger charge is 2.11. The van der Waals surface area contributed by atoms with Crippen LogP contribution < -0.4 is 16.6 Å². The van der Waals surface area contributed by atoms with Crippen molar-refractivity contribution in [2.75, 3.05) is 5.32 Å². The molecule has 1 aromatic carbocycles. The number of fused-ring (bicyclic) bond motifs is 1. The van der Waals surface area contributed by atoms with Crippen LogP contribution in [0.2, 0.25) is 0 Å². The largest absolute Gasteiger partial charge is 0.332 e. The first-order valence-corrected chi connectivity index (χ1v) is 7.96. The van der Waals surface area contributed by atoms with E-state index in [2.05, 4.69) is 16.4 Å². The van der Waals surface area contributed by atoms with Crippen LogP contribution in [0.3, 0.4) is 0 Å². The summed E-state index contributed by atoms with van der Waals surface area (Å²) in [6.45, 7) is 0. The Labute approximate surface area is 153 Å². The first-order valence-electron chi connectivity index (χ1n) is 7.96. The summed E-state index contributed by atoms with van der Waals surface area (Å²) in [7, 11) is 2.90. The minimum Gasteiger partial charge on any atom is -0.321 e. The number of benzene rings is 1. The second kappa shape index (κ2) is 7.09. The van der Waals surface area contributed by atoms with Crippen molar-refractivity contribution in [1.82, 2.24) is 14.1 Å². The molecule has 134 valence electrons. The molecule has 0 bridgehead atoms. The Balaban J connectivity index is 1.90. The molecule has 8 nitrogen and oxygen atoms in total. The Hall–Kier alpha value is -3.99. The number of nitriles is 1. The number of nitrogens with one attached hydrogen (secondary N) is 1. The Kier molecular flexibility index (Phi) is 4.68. The van der Waals surface area contributed by atoms with Gasteiger partial charge in [-0.2, -0.15) is 5.26 Å². The number of rotatable bonds is 3. The van der Waals surface area contributed by atoms with E-state index in [4.69, 9.17) is 5.26 Å². The van der Waals surface area contributed by atoms with Gasteiger partial charge in [-0.05, 0) is 23.8 Å². The maximum Gasteiger partial charge on any atom is 0.332 e. The van der Waals surface area contributed by atoms with Crippen LogP contribution >= 0.6 is 0 Å². The molecule has 1 amide bonds. The maximum atomic E-state index is 12.3. The molecule has 0 atom stereocenters. The predicted octanol–water partition coefficient (Wildman–Crippen LogP) is 1.16. The van der Waals surface area contributed by atoms with Crippen molar-refractivity contribution < 1.29 is 4.79 Å². The molecule has 3 rings (SSSR count). The Morgan fingerprint density at radius 2 is 1.96 bits per heavy atom. The molecule has 0 radical (unpaired) electrons. The zero-order valence-corrected chi connectivity index (χ0v) is 14.6. The maximum absolute atomic E-state index is 12.3. The summed E-state index contributed by atoms with van der Waals surface area (Å²) in [6, 6.07) is 10.4. The van der Waals surface area contributed by atoms with Gasteiger partial charge in [0.05, 0.1) is 28.9 Å². The lowest BCUT2D eigenvalue weighted by Crippen LogP contribution is -2.37. The SMILES string of the molecule is Cn1c(=O)c2cc(NC(=O)/C=C/c3ccccc3C#N)cnc2n(C)c1=O. The number of carbonyl (C=O) groups excluding carboxylic acids is 1. The summed E-state index contributed by atoms with van der Waals surface area (Å²) >= 11 is 0. The molecule has 3 aromatic rings. The number of carbonyl (C=O) groups is 1. The fourth-order valence-electron chi connectivity index (χ4n) is 2.63. The van der Waals surface area contributed by atoms with Crippen molar-refractivity contribution in [1.29, 1.82) is 5.26 Å². The smallest absolute Gasteiger partial charge is 0.321 e. The molecule has 0 aliphatic heterocycles. The molecule has 0 fully saturated rings. The number of hydrogen-bond acceptors (Lipinski definition) is 5. The second-order valence-electron chi connectivity index (χ2n) is 5.82. The summed E-state index contributed by atoms with van der Waals surface area (Å²) in [5.41, 5.74) is 0.668. The second-order valence-corrected chi connectivity index (χ2v) is 5.82. The predicted molar refractivity (Wildman–Crippen MR) is 101 cm³/mol. The molecular weight excluding hydrogens is 346 g/mol. The van der Waals surface area contributed by atoms with Gasteiger partial charge >= 0.3 is 5.69 Å². The van der Waals surface area contributed by atoms with Crippen LogP contribution in [0.15, 0.2) is 52.2 Å². The fourth-order valence-corrected chi connectivity index (χ4v) is 2.63. The topological polar surface area (TPSA) is 110 Å². The van der Waals surface area contributed by atoms with Crippen molar-refractivity contribution in [2.24, 2.45) is 14.1 Å². The van der Waals surface area contributed by atoms with E-state index in [-0.39, 0.29) is 11.0 Å².